The number of esters is 1. The molecule has 0 saturated carbocycles. The molecule has 6 nitrogen and oxygen atoms in total. The number of fused-ring (bicyclic) bond motifs is 1. The number of benzene rings is 2. The van der Waals surface area contributed by atoms with Gasteiger partial charge >= 0.3 is 5.97 Å². The Bertz CT molecular complexity index is 983. The summed E-state index contributed by atoms with van der Waals surface area (Å²) in [5.74, 6) is -0.567. The van der Waals surface area contributed by atoms with Crippen molar-refractivity contribution in [2.75, 3.05) is 6.61 Å². The van der Waals surface area contributed by atoms with Crippen molar-refractivity contribution < 1.29 is 24.5 Å². The zero-order valence-corrected chi connectivity index (χ0v) is 16.3. The van der Waals surface area contributed by atoms with Gasteiger partial charge in [-0.1, -0.05) is 49.7 Å². The Labute approximate surface area is 169 Å². The van der Waals surface area contributed by atoms with Crippen LogP contribution in [0.4, 0.5) is 0 Å². The number of carbonyl (C=O) groups excluding carboxylic acids is 1. The summed E-state index contributed by atoms with van der Waals surface area (Å²) in [7, 11) is 0. The maximum absolute atomic E-state index is 12.6. The fraction of sp³-hybridized carbons (Fsp3) is 0.348. The van der Waals surface area contributed by atoms with Gasteiger partial charge in [0.25, 0.3) is 0 Å². The molecule has 1 aromatic heterocycles. The zero-order valence-electron chi connectivity index (χ0n) is 16.3. The molecule has 4 atom stereocenters. The average Bonchev–Trinajstić information content (AvgIpc) is 3.11. The number of ether oxygens (including phenoxy) is 2. The SMILES string of the molecule is CCCc1cn(C2OCC(O)C(O)C2OC(=O)c2ccccc2)c2ccccc12. The Balaban J connectivity index is 1.71. The van der Waals surface area contributed by atoms with E-state index in [0.717, 1.165) is 23.7 Å². The molecule has 152 valence electrons. The molecule has 2 aromatic carbocycles. The van der Waals surface area contributed by atoms with Crippen LogP contribution in [0.25, 0.3) is 10.9 Å². The number of aliphatic hydroxyl groups is 2. The van der Waals surface area contributed by atoms with Crippen LogP contribution >= 0.6 is 0 Å². The summed E-state index contributed by atoms with van der Waals surface area (Å²) in [6.45, 7) is 2.08. The van der Waals surface area contributed by atoms with Gasteiger partial charge in [0.15, 0.2) is 12.3 Å². The third-order valence-corrected chi connectivity index (χ3v) is 5.32. The number of aliphatic hydroxyl groups excluding tert-OH is 2. The number of para-hydroxylation sites is 1. The van der Waals surface area contributed by atoms with Gasteiger partial charge in [-0.25, -0.2) is 4.79 Å². The molecule has 0 amide bonds. The van der Waals surface area contributed by atoms with E-state index in [1.807, 2.05) is 35.0 Å². The molecule has 2 N–H and O–H groups in total. The van der Waals surface area contributed by atoms with Crippen LogP contribution in [-0.2, 0) is 15.9 Å². The maximum atomic E-state index is 12.6. The number of rotatable bonds is 5. The summed E-state index contributed by atoms with van der Waals surface area (Å²) in [5, 5.41) is 21.9. The molecule has 2 heterocycles. The Morgan fingerprint density at radius 1 is 1.14 bits per heavy atom. The van der Waals surface area contributed by atoms with Crippen LogP contribution < -0.4 is 0 Å². The second-order valence-corrected chi connectivity index (χ2v) is 7.35. The predicted octanol–water partition coefficient (Wildman–Crippen LogP) is 3.07. The van der Waals surface area contributed by atoms with Crippen LogP contribution in [0.3, 0.4) is 0 Å². The van der Waals surface area contributed by atoms with Gasteiger partial charge in [0.2, 0.25) is 0 Å². The van der Waals surface area contributed by atoms with Crippen molar-refractivity contribution in [1.82, 2.24) is 4.57 Å². The molecule has 0 spiro atoms. The highest BCUT2D eigenvalue weighted by Gasteiger charge is 2.43. The summed E-state index contributed by atoms with van der Waals surface area (Å²) in [4.78, 5) is 12.6. The Hall–Kier alpha value is -2.67. The average molecular weight is 395 g/mol. The lowest BCUT2D eigenvalue weighted by Crippen LogP contribution is -2.52. The second-order valence-electron chi connectivity index (χ2n) is 7.35. The molecule has 0 aliphatic carbocycles. The fourth-order valence-electron chi connectivity index (χ4n) is 3.87. The Morgan fingerprint density at radius 3 is 2.62 bits per heavy atom. The molecular weight excluding hydrogens is 370 g/mol. The normalized spacial score (nSPS) is 24.5. The topological polar surface area (TPSA) is 80.9 Å². The standard InChI is InChI=1S/C23H25NO5/c1-2-8-16-13-24(18-12-7-6-11-17(16)18)22-21(20(26)19(25)14-28-22)29-23(27)15-9-4-3-5-10-15/h3-7,9-13,19-22,25-26H,2,8,14H2,1H3. The minimum absolute atomic E-state index is 0.0408. The van der Waals surface area contributed by atoms with Gasteiger partial charge in [-0.2, -0.15) is 0 Å². The molecule has 1 fully saturated rings. The van der Waals surface area contributed by atoms with Crippen molar-refractivity contribution in [3.8, 4) is 0 Å². The fourth-order valence-corrected chi connectivity index (χ4v) is 3.87. The second kappa shape index (κ2) is 8.37. The quantitative estimate of drug-likeness (QED) is 0.649. The van der Waals surface area contributed by atoms with E-state index in [9.17, 15) is 15.0 Å². The minimum Gasteiger partial charge on any atom is -0.451 e. The van der Waals surface area contributed by atoms with Crippen molar-refractivity contribution in [3.05, 3.63) is 71.9 Å². The third kappa shape index (κ3) is 3.79. The van der Waals surface area contributed by atoms with Crippen LogP contribution in [-0.4, -0.2) is 45.7 Å². The molecule has 4 unspecified atom stereocenters. The summed E-state index contributed by atoms with van der Waals surface area (Å²) in [5.41, 5.74) is 2.48. The first-order valence-electron chi connectivity index (χ1n) is 9.92. The van der Waals surface area contributed by atoms with E-state index in [2.05, 4.69) is 13.0 Å². The van der Waals surface area contributed by atoms with Gasteiger partial charge in [-0.15, -0.1) is 0 Å². The molecule has 0 bridgehead atoms. The number of hydrogen-bond acceptors (Lipinski definition) is 5. The highest BCUT2D eigenvalue weighted by atomic mass is 16.6. The first-order chi connectivity index (χ1) is 14.1. The van der Waals surface area contributed by atoms with Crippen LogP contribution in [0, 0.1) is 0 Å². The van der Waals surface area contributed by atoms with Crippen LogP contribution in [0.5, 0.6) is 0 Å². The lowest BCUT2D eigenvalue weighted by Gasteiger charge is -2.38. The van der Waals surface area contributed by atoms with E-state index in [1.165, 1.54) is 5.56 Å². The number of hydrogen-bond donors (Lipinski definition) is 2. The largest absolute Gasteiger partial charge is 0.451 e. The molecule has 3 aromatic rings. The van der Waals surface area contributed by atoms with E-state index in [4.69, 9.17) is 9.47 Å². The maximum Gasteiger partial charge on any atom is 0.338 e. The highest BCUT2D eigenvalue weighted by molar-refractivity contribution is 5.89. The summed E-state index contributed by atoms with van der Waals surface area (Å²) >= 11 is 0. The molecule has 1 aliphatic heterocycles. The smallest absolute Gasteiger partial charge is 0.338 e. The number of carbonyl (C=O) groups is 1. The van der Waals surface area contributed by atoms with E-state index >= 15 is 0 Å². The van der Waals surface area contributed by atoms with Gasteiger partial charge in [0, 0.05) is 11.6 Å². The summed E-state index contributed by atoms with van der Waals surface area (Å²) in [6.07, 6.45) is -0.276. The van der Waals surface area contributed by atoms with Crippen molar-refractivity contribution >= 4 is 16.9 Å². The van der Waals surface area contributed by atoms with Crippen LogP contribution in [0.2, 0.25) is 0 Å². The third-order valence-electron chi connectivity index (χ3n) is 5.32. The van der Waals surface area contributed by atoms with Gasteiger partial charge in [0.05, 0.1) is 17.7 Å². The van der Waals surface area contributed by atoms with Crippen molar-refractivity contribution in [2.45, 2.75) is 44.3 Å². The van der Waals surface area contributed by atoms with Gasteiger partial charge < -0.3 is 24.3 Å². The molecule has 4 rings (SSSR count). The lowest BCUT2D eigenvalue weighted by atomic mass is 10.0. The van der Waals surface area contributed by atoms with Crippen LogP contribution in [0.15, 0.2) is 60.8 Å². The number of nitrogens with zero attached hydrogens (tertiary/aromatic N) is 1. The van der Waals surface area contributed by atoms with E-state index in [1.54, 1.807) is 24.3 Å². The van der Waals surface area contributed by atoms with E-state index in [0.29, 0.717) is 5.56 Å². The Morgan fingerprint density at radius 2 is 1.86 bits per heavy atom. The predicted molar refractivity (Wildman–Crippen MR) is 109 cm³/mol. The number of aryl methyl sites for hydroxylation is 1. The van der Waals surface area contributed by atoms with Crippen LogP contribution in [0.1, 0.15) is 35.5 Å². The lowest BCUT2D eigenvalue weighted by molar-refractivity contribution is -0.210. The van der Waals surface area contributed by atoms with Crippen molar-refractivity contribution in [1.29, 1.82) is 0 Å². The number of aromatic nitrogens is 1. The first-order valence-corrected chi connectivity index (χ1v) is 9.92. The molecule has 1 saturated heterocycles. The van der Waals surface area contributed by atoms with Crippen molar-refractivity contribution in [2.24, 2.45) is 0 Å². The van der Waals surface area contributed by atoms with Gasteiger partial charge in [-0.3, -0.25) is 0 Å². The summed E-state index contributed by atoms with van der Waals surface area (Å²) in [6, 6.07) is 16.5. The van der Waals surface area contributed by atoms with E-state index < -0.39 is 30.5 Å². The molecule has 29 heavy (non-hydrogen) atoms. The Kier molecular flexibility index (Phi) is 5.67. The van der Waals surface area contributed by atoms with Gasteiger partial charge in [-0.05, 0) is 30.2 Å². The molecule has 0 radical (unpaired) electrons. The highest BCUT2D eigenvalue weighted by Crippen LogP contribution is 2.33. The zero-order chi connectivity index (χ0) is 20.4. The van der Waals surface area contributed by atoms with Crippen molar-refractivity contribution in [3.63, 3.8) is 0 Å². The minimum atomic E-state index is -1.25. The summed E-state index contributed by atoms with van der Waals surface area (Å²) < 4.78 is 13.4. The monoisotopic (exact) mass is 395 g/mol. The first kappa shape index (κ1) is 19.6. The van der Waals surface area contributed by atoms with E-state index in [-0.39, 0.29) is 6.61 Å². The molecule has 1 aliphatic rings. The molecular formula is C23H25NO5. The van der Waals surface area contributed by atoms with Gasteiger partial charge in [0.1, 0.15) is 12.2 Å². The molecule has 6 heteroatoms.